The molecule has 0 bridgehead atoms. The van der Waals surface area contributed by atoms with Gasteiger partial charge in [0.05, 0.1) is 19.8 Å². The number of carbonyl (C=O) groups is 3. The van der Waals surface area contributed by atoms with Crippen LogP contribution in [0.1, 0.15) is 148 Å². The van der Waals surface area contributed by atoms with Gasteiger partial charge in [-0.2, -0.15) is 0 Å². The van der Waals surface area contributed by atoms with Gasteiger partial charge in [0.2, 0.25) is 0 Å². The zero-order valence-corrected chi connectivity index (χ0v) is 32.5. The van der Waals surface area contributed by atoms with Crippen molar-refractivity contribution in [1.82, 2.24) is 26.6 Å². The van der Waals surface area contributed by atoms with Gasteiger partial charge in [-0.25, -0.2) is 14.4 Å². The van der Waals surface area contributed by atoms with Crippen molar-refractivity contribution in [2.75, 3.05) is 59.3 Å². The number of carbonyl (C=O) groups excluding carboxylic acids is 3. The first-order chi connectivity index (χ1) is 25.5. The van der Waals surface area contributed by atoms with Gasteiger partial charge in [0, 0.05) is 37.7 Å². The number of hydrogen-bond donors (Lipinski definition) is 6. The van der Waals surface area contributed by atoms with Gasteiger partial charge in [-0.05, 0) is 57.9 Å². The lowest BCUT2D eigenvalue weighted by Gasteiger charge is -2.23. The van der Waals surface area contributed by atoms with Gasteiger partial charge in [-0.3, -0.25) is 5.32 Å². The Morgan fingerprint density at radius 1 is 0.577 bits per heavy atom. The Morgan fingerprint density at radius 2 is 1.04 bits per heavy atom. The Hall–Kier alpha value is -2.35. The van der Waals surface area contributed by atoms with Gasteiger partial charge in [0.25, 0.3) is 0 Å². The third-order valence-electron chi connectivity index (χ3n) is 10.2. The van der Waals surface area contributed by atoms with Crippen molar-refractivity contribution in [3.8, 4) is 0 Å². The van der Waals surface area contributed by atoms with Crippen molar-refractivity contribution in [1.29, 1.82) is 0 Å². The molecule has 0 aromatic heterocycles. The summed E-state index contributed by atoms with van der Waals surface area (Å²) in [6.45, 7) is 6.04. The maximum atomic E-state index is 11.9. The molecule has 6 N–H and O–H groups in total. The zero-order chi connectivity index (χ0) is 37.3. The maximum Gasteiger partial charge on any atom is 0.407 e. The molecule has 13 nitrogen and oxygen atoms in total. The van der Waals surface area contributed by atoms with E-state index in [9.17, 15) is 19.5 Å². The normalized spacial score (nSPS) is 16.5. The summed E-state index contributed by atoms with van der Waals surface area (Å²) in [5.74, 6) is 0.137. The number of unbranched alkanes of at least 4 members (excludes halogenated alkanes) is 9. The zero-order valence-electron chi connectivity index (χ0n) is 32.5. The molecule has 13 heteroatoms. The van der Waals surface area contributed by atoms with Crippen LogP contribution in [-0.4, -0.2) is 101 Å². The van der Waals surface area contributed by atoms with Crippen molar-refractivity contribution >= 4 is 18.2 Å². The van der Waals surface area contributed by atoms with E-state index in [-0.39, 0.29) is 49.4 Å². The molecule has 2 saturated carbocycles. The molecular formula is C39H75N5O8. The van der Waals surface area contributed by atoms with Crippen LogP contribution in [0.4, 0.5) is 14.4 Å². The fourth-order valence-corrected chi connectivity index (χ4v) is 6.90. The van der Waals surface area contributed by atoms with E-state index in [0.29, 0.717) is 39.5 Å². The molecule has 2 atom stereocenters. The number of hydrogen-bond acceptors (Lipinski definition) is 9. The van der Waals surface area contributed by atoms with Gasteiger partial charge >= 0.3 is 18.2 Å². The number of aliphatic hydroxyl groups is 1. The van der Waals surface area contributed by atoms with E-state index in [1.807, 2.05) is 0 Å². The van der Waals surface area contributed by atoms with E-state index >= 15 is 0 Å². The Balaban J connectivity index is 1.26. The average molecular weight is 742 g/mol. The Bertz CT molecular complexity index is 889. The van der Waals surface area contributed by atoms with Crippen LogP contribution in [0.5, 0.6) is 0 Å². The summed E-state index contributed by atoms with van der Waals surface area (Å²) in [5, 5.41) is 25.4. The lowest BCUT2D eigenvalue weighted by Crippen LogP contribution is -2.38. The minimum atomic E-state index is -0.529. The maximum absolute atomic E-state index is 11.9. The highest BCUT2D eigenvalue weighted by molar-refractivity contribution is 5.73. The Labute approximate surface area is 314 Å². The quantitative estimate of drug-likeness (QED) is 0.0348. The van der Waals surface area contributed by atoms with Crippen LogP contribution in [0, 0.1) is 5.92 Å². The van der Waals surface area contributed by atoms with Crippen LogP contribution in [0.25, 0.3) is 0 Å². The van der Waals surface area contributed by atoms with Gasteiger partial charge < -0.3 is 45.3 Å². The summed E-state index contributed by atoms with van der Waals surface area (Å²) < 4.78 is 21.5. The van der Waals surface area contributed by atoms with Crippen LogP contribution in [0.3, 0.4) is 0 Å². The van der Waals surface area contributed by atoms with Crippen molar-refractivity contribution in [3.63, 3.8) is 0 Å². The summed E-state index contributed by atoms with van der Waals surface area (Å²) in [5.41, 5.74) is 0. The monoisotopic (exact) mass is 742 g/mol. The lowest BCUT2D eigenvalue weighted by atomic mass is 9.96. The molecule has 2 fully saturated rings. The topological polar surface area (TPSA) is 169 Å². The average Bonchev–Trinajstić information content (AvgIpc) is 3.15. The minimum absolute atomic E-state index is 0.137. The number of aliphatic hydroxyl groups excluding tert-OH is 1. The van der Waals surface area contributed by atoms with Crippen LogP contribution in [0.2, 0.25) is 0 Å². The molecule has 2 rings (SSSR count). The van der Waals surface area contributed by atoms with Gasteiger partial charge in [0.1, 0.15) is 19.4 Å². The minimum Gasteiger partial charge on any atom is -0.447 e. The van der Waals surface area contributed by atoms with Crippen molar-refractivity contribution < 1.29 is 38.4 Å². The molecule has 0 heterocycles. The van der Waals surface area contributed by atoms with Crippen LogP contribution in [-0.2, 0) is 18.9 Å². The van der Waals surface area contributed by atoms with E-state index in [0.717, 1.165) is 77.2 Å². The number of nitrogens with one attached hydrogen (secondary N) is 5. The van der Waals surface area contributed by atoms with Crippen LogP contribution in [0.15, 0.2) is 0 Å². The summed E-state index contributed by atoms with van der Waals surface area (Å²) in [6.07, 6.45) is 23.4. The van der Waals surface area contributed by atoms with E-state index in [1.165, 1.54) is 70.6 Å². The first-order valence-electron chi connectivity index (χ1n) is 20.9. The summed E-state index contributed by atoms with van der Waals surface area (Å²) >= 11 is 0. The number of urea groups is 1. The standard InChI is InChI=1S/C39H75N5O8/c1-2-33(23-27-49-29-31-51-38(47)43-34-19-13-11-14-20-34)36(45)40-24-17-9-7-5-3-4-6-8-10-18-25-41-37(46)42-26-28-50-30-32-52-39(48)44-35-21-15-12-16-22-35/h33-36,40,45H,2-32H2,1H3,(H,43,47)(H,44,48)(H2,41,42,46). The van der Waals surface area contributed by atoms with Gasteiger partial charge in [-0.1, -0.05) is 96.8 Å². The largest absolute Gasteiger partial charge is 0.447 e. The molecule has 304 valence electrons. The second-order valence-electron chi connectivity index (χ2n) is 14.5. The van der Waals surface area contributed by atoms with Crippen molar-refractivity contribution in [3.05, 3.63) is 0 Å². The molecule has 2 aliphatic carbocycles. The summed E-state index contributed by atoms with van der Waals surface area (Å²) in [6, 6.07) is 0.303. The lowest BCUT2D eigenvalue weighted by molar-refractivity contribution is 0.0313. The van der Waals surface area contributed by atoms with Gasteiger partial charge in [0.15, 0.2) is 0 Å². The number of alkyl carbamates (subject to hydrolysis) is 2. The van der Waals surface area contributed by atoms with E-state index in [1.54, 1.807) is 0 Å². The van der Waals surface area contributed by atoms with Crippen LogP contribution < -0.4 is 26.6 Å². The smallest absolute Gasteiger partial charge is 0.407 e. The first-order valence-corrected chi connectivity index (χ1v) is 20.9. The summed E-state index contributed by atoms with van der Waals surface area (Å²) in [7, 11) is 0. The number of amides is 4. The Morgan fingerprint density at radius 3 is 1.56 bits per heavy atom. The van der Waals surface area contributed by atoms with Crippen molar-refractivity contribution in [2.24, 2.45) is 5.92 Å². The molecule has 0 saturated heterocycles. The molecule has 4 amide bonds. The number of rotatable bonds is 30. The second-order valence-corrected chi connectivity index (χ2v) is 14.5. The molecule has 2 aliphatic rings. The predicted octanol–water partition coefficient (Wildman–Crippen LogP) is 6.66. The van der Waals surface area contributed by atoms with Crippen molar-refractivity contribution in [2.45, 2.75) is 166 Å². The highest BCUT2D eigenvalue weighted by Crippen LogP contribution is 2.18. The van der Waals surface area contributed by atoms with Gasteiger partial charge in [-0.15, -0.1) is 0 Å². The highest BCUT2D eigenvalue weighted by atomic mass is 16.6. The molecule has 0 aromatic carbocycles. The highest BCUT2D eigenvalue weighted by Gasteiger charge is 2.18. The first kappa shape index (κ1) is 45.8. The predicted molar refractivity (Wildman–Crippen MR) is 204 cm³/mol. The molecule has 0 spiro atoms. The van der Waals surface area contributed by atoms with E-state index in [4.69, 9.17) is 18.9 Å². The molecule has 52 heavy (non-hydrogen) atoms. The molecule has 0 radical (unpaired) electrons. The second kappa shape index (κ2) is 32.1. The SMILES string of the molecule is CCC(CCOCCOC(=O)NC1CCCCC1)C(O)NCCCCCCCCCCCCNC(=O)NCCOCCOC(=O)NC1CCCCC1. The molecule has 2 unspecified atom stereocenters. The molecular weight excluding hydrogens is 666 g/mol. The van der Waals surface area contributed by atoms with Crippen LogP contribution >= 0.6 is 0 Å². The van der Waals surface area contributed by atoms with E-state index in [2.05, 4.69) is 33.5 Å². The third-order valence-corrected chi connectivity index (χ3v) is 10.2. The summed E-state index contributed by atoms with van der Waals surface area (Å²) in [4.78, 5) is 35.6. The van der Waals surface area contributed by atoms with E-state index < -0.39 is 6.23 Å². The fourth-order valence-electron chi connectivity index (χ4n) is 6.90. The Kier molecular flexibility index (Phi) is 28.3. The third kappa shape index (κ3) is 25.6. The molecule has 0 aliphatic heterocycles. The number of ether oxygens (including phenoxy) is 4. The fraction of sp³-hybridized carbons (Fsp3) is 0.923. The molecule has 0 aromatic rings.